The van der Waals surface area contributed by atoms with E-state index in [2.05, 4.69) is 20.5 Å². The van der Waals surface area contributed by atoms with E-state index in [1.165, 1.54) is 12.1 Å². The largest absolute Gasteiger partial charge is 0.490 e. The van der Waals surface area contributed by atoms with Crippen molar-refractivity contribution in [2.24, 2.45) is 5.73 Å². The first kappa shape index (κ1) is 32.3. The maximum Gasteiger partial charge on any atom is 0.490 e. The summed E-state index contributed by atoms with van der Waals surface area (Å²) < 4.78 is 59.3. The van der Waals surface area contributed by atoms with Crippen LogP contribution in [0.15, 0.2) is 40.0 Å². The van der Waals surface area contributed by atoms with Gasteiger partial charge in [0.1, 0.15) is 5.69 Å². The molecule has 0 saturated heterocycles. The number of amides is 1. The van der Waals surface area contributed by atoms with E-state index in [-0.39, 0.29) is 30.8 Å². The SMILES string of the molecule is Cc1cc(CC(=O)NCCONC(=N)N)c(NS(=O)(=O)c2cccc([N+](=O)[O-])c2)c(=O)[nH]1.O=C(O)C(F)(F)F. The number of carbonyl (C=O) groups excluding carboxylic acids is 1. The highest BCUT2D eigenvalue weighted by Crippen LogP contribution is 2.21. The summed E-state index contributed by atoms with van der Waals surface area (Å²) in [6.45, 7) is 1.60. The summed E-state index contributed by atoms with van der Waals surface area (Å²) in [6.07, 6.45) is -5.42. The number of halogens is 3. The van der Waals surface area contributed by atoms with Crippen LogP contribution in [-0.2, 0) is 30.9 Å². The van der Waals surface area contributed by atoms with Crippen LogP contribution in [0.5, 0.6) is 0 Å². The molecule has 1 aromatic carbocycles. The molecule has 1 aromatic heterocycles. The summed E-state index contributed by atoms with van der Waals surface area (Å²) in [5.41, 5.74) is 6.01. The number of sulfonamides is 1. The molecule has 0 aliphatic carbocycles. The van der Waals surface area contributed by atoms with Crippen molar-refractivity contribution < 1.29 is 46.0 Å². The minimum absolute atomic E-state index is 0.00794. The number of carboxylic acid groups (broad SMARTS) is 1. The Morgan fingerprint density at radius 3 is 2.44 bits per heavy atom. The molecule has 2 rings (SSSR count). The number of aromatic nitrogens is 1. The molecule has 39 heavy (non-hydrogen) atoms. The van der Waals surface area contributed by atoms with Crippen LogP contribution in [0.3, 0.4) is 0 Å². The number of H-pyrrole nitrogens is 1. The number of carboxylic acids is 1. The zero-order valence-corrected chi connectivity index (χ0v) is 20.6. The smallest absolute Gasteiger partial charge is 0.475 e. The highest BCUT2D eigenvalue weighted by Gasteiger charge is 2.38. The zero-order chi connectivity index (χ0) is 30.0. The van der Waals surface area contributed by atoms with Crippen molar-refractivity contribution in [2.45, 2.75) is 24.4 Å². The Morgan fingerprint density at radius 1 is 1.28 bits per heavy atom. The minimum Gasteiger partial charge on any atom is -0.475 e. The van der Waals surface area contributed by atoms with Gasteiger partial charge in [0.15, 0.2) is 0 Å². The number of hydroxylamine groups is 1. The number of non-ortho nitro benzene ring substituents is 1. The lowest BCUT2D eigenvalue weighted by atomic mass is 10.1. The van der Waals surface area contributed by atoms with Gasteiger partial charge in [-0.1, -0.05) is 6.07 Å². The fraction of sp³-hybridized carbons (Fsp3) is 0.263. The Kier molecular flexibility index (Phi) is 11.4. The van der Waals surface area contributed by atoms with Gasteiger partial charge in [-0.2, -0.15) is 13.2 Å². The highest BCUT2D eigenvalue weighted by atomic mass is 32.2. The number of guanidine groups is 1. The lowest BCUT2D eigenvalue weighted by Gasteiger charge is -2.13. The van der Waals surface area contributed by atoms with Gasteiger partial charge in [-0.15, -0.1) is 0 Å². The maximum atomic E-state index is 12.7. The number of rotatable bonds is 10. The van der Waals surface area contributed by atoms with Gasteiger partial charge >= 0.3 is 12.1 Å². The molecule has 1 amide bonds. The molecule has 8 N–H and O–H groups in total. The molecule has 0 radical (unpaired) electrons. The number of nitrogens with zero attached hydrogens (tertiary/aromatic N) is 1. The minimum atomic E-state index is -5.08. The summed E-state index contributed by atoms with van der Waals surface area (Å²) in [6, 6.07) is 5.75. The van der Waals surface area contributed by atoms with E-state index in [9.17, 15) is 41.3 Å². The number of alkyl halides is 3. The quantitative estimate of drug-likeness (QED) is 0.0650. The van der Waals surface area contributed by atoms with E-state index >= 15 is 0 Å². The number of aromatic amines is 1. The van der Waals surface area contributed by atoms with Crippen LogP contribution in [0.2, 0.25) is 0 Å². The number of aliphatic carboxylic acids is 1. The average Bonchev–Trinajstić information content (AvgIpc) is 2.80. The molecule has 0 atom stereocenters. The second-order valence-corrected chi connectivity index (χ2v) is 8.92. The average molecular weight is 581 g/mol. The first-order valence-corrected chi connectivity index (χ1v) is 11.7. The molecule has 1 heterocycles. The predicted molar refractivity (Wildman–Crippen MR) is 127 cm³/mol. The first-order chi connectivity index (χ1) is 17.9. The molecule has 16 nitrogen and oxygen atoms in total. The molecule has 0 bridgehead atoms. The fourth-order valence-electron chi connectivity index (χ4n) is 2.57. The Labute approximate surface area is 217 Å². The van der Waals surface area contributed by atoms with Crippen LogP contribution in [0.1, 0.15) is 11.3 Å². The zero-order valence-electron chi connectivity index (χ0n) is 19.8. The molecule has 0 unspecified atom stereocenters. The van der Waals surface area contributed by atoms with E-state index in [0.717, 1.165) is 18.2 Å². The van der Waals surface area contributed by atoms with Crippen LogP contribution in [0, 0.1) is 22.4 Å². The summed E-state index contributed by atoms with van der Waals surface area (Å²) in [4.78, 5) is 50.5. The molecule has 0 saturated carbocycles. The number of anilines is 1. The fourth-order valence-corrected chi connectivity index (χ4v) is 3.72. The van der Waals surface area contributed by atoms with Crippen molar-refractivity contribution in [3.05, 3.63) is 62.1 Å². The van der Waals surface area contributed by atoms with Gasteiger partial charge in [0.2, 0.25) is 11.9 Å². The number of benzene rings is 1. The van der Waals surface area contributed by atoms with Crippen molar-refractivity contribution in [1.82, 2.24) is 15.8 Å². The van der Waals surface area contributed by atoms with Crippen molar-refractivity contribution in [3.8, 4) is 0 Å². The van der Waals surface area contributed by atoms with Gasteiger partial charge < -0.3 is 21.1 Å². The number of nitrogens with one attached hydrogen (secondary N) is 5. The molecule has 20 heteroatoms. The number of hydrogen-bond donors (Lipinski definition) is 7. The third-order valence-electron chi connectivity index (χ3n) is 4.13. The maximum absolute atomic E-state index is 12.7. The molecule has 214 valence electrons. The Morgan fingerprint density at radius 2 is 1.90 bits per heavy atom. The summed E-state index contributed by atoms with van der Waals surface area (Å²) >= 11 is 0. The Hall–Kier alpha value is -4.72. The number of aryl methyl sites for hydroxylation is 1. The number of hydrogen-bond acceptors (Lipinski definition) is 9. The molecular weight excluding hydrogens is 559 g/mol. The van der Waals surface area contributed by atoms with Gasteiger partial charge in [-0.05, 0) is 24.6 Å². The lowest BCUT2D eigenvalue weighted by Crippen LogP contribution is -2.35. The first-order valence-electron chi connectivity index (χ1n) is 10.2. The summed E-state index contributed by atoms with van der Waals surface area (Å²) in [5.74, 6) is -3.69. The Balaban J connectivity index is 0.000000956. The van der Waals surface area contributed by atoms with E-state index in [1.807, 2.05) is 0 Å². The van der Waals surface area contributed by atoms with Crippen molar-refractivity contribution in [3.63, 3.8) is 0 Å². The summed E-state index contributed by atoms with van der Waals surface area (Å²) in [5, 5.41) is 27.5. The van der Waals surface area contributed by atoms with Gasteiger partial charge in [0, 0.05) is 24.4 Å². The standard InChI is InChI=1S/C17H21N7O7S.C2HF3O2/c1-10-7-11(8-14(25)20-5-6-31-22-17(18)19)15(16(26)21-10)23-32(29,30)13-4-2-3-12(9-13)24(27)28;3-2(4,5)1(6)7/h2-4,7,9,23H,5-6,8H2,1H3,(H,20,25)(H,21,26)(H4,18,19,22);(H,6,7). The van der Waals surface area contributed by atoms with Gasteiger partial charge in [0.05, 0.1) is 22.8 Å². The monoisotopic (exact) mass is 581 g/mol. The van der Waals surface area contributed by atoms with E-state index in [4.69, 9.17) is 25.9 Å². The van der Waals surface area contributed by atoms with Gasteiger partial charge in [0.25, 0.3) is 21.3 Å². The molecule has 2 aromatic rings. The third-order valence-corrected chi connectivity index (χ3v) is 5.47. The van der Waals surface area contributed by atoms with Crippen LogP contribution < -0.4 is 26.8 Å². The normalized spacial score (nSPS) is 11.0. The van der Waals surface area contributed by atoms with Crippen LogP contribution >= 0.6 is 0 Å². The molecule has 0 fully saturated rings. The van der Waals surface area contributed by atoms with Crippen LogP contribution in [0.4, 0.5) is 24.5 Å². The molecule has 0 aliphatic rings. The number of pyridine rings is 1. The second kappa shape index (κ2) is 13.7. The predicted octanol–water partition coefficient (Wildman–Crippen LogP) is 0.0990. The molecule has 0 spiro atoms. The van der Waals surface area contributed by atoms with Crippen molar-refractivity contribution in [2.75, 3.05) is 17.9 Å². The molecule has 0 aliphatic heterocycles. The van der Waals surface area contributed by atoms with Gasteiger partial charge in [-0.3, -0.25) is 34.7 Å². The number of carbonyl (C=O) groups is 2. The molecular formula is C19H22F3N7O9S. The van der Waals surface area contributed by atoms with E-state index < -0.39 is 55.1 Å². The topological polar surface area (TPSA) is 260 Å². The Bertz CT molecular complexity index is 1400. The van der Waals surface area contributed by atoms with Crippen molar-refractivity contribution in [1.29, 1.82) is 5.41 Å². The second-order valence-electron chi connectivity index (χ2n) is 7.24. The highest BCUT2D eigenvalue weighted by molar-refractivity contribution is 7.92. The third kappa shape index (κ3) is 11.1. The van der Waals surface area contributed by atoms with Crippen LogP contribution in [-0.4, -0.2) is 60.6 Å². The summed E-state index contributed by atoms with van der Waals surface area (Å²) in [7, 11) is -4.36. The van der Waals surface area contributed by atoms with Crippen LogP contribution in [0.25, 0.3) is 0 Å². The van der Waals surface area contributed by atoms with Gasteiger partial charge in [-0.25, -0.2) is 18.7 Å². The number of nitro groups is 1. The van der Waals surface area contributed by atoms with Crippen molar-refractivity contribution >= 4 is 39.2 Å². The lowest BCUT2D eigenvalue weighted by molar-refractivity contribution is -0.385. The number of nitro benzene ring substituents is 1. The van der Waals surface area contributed by atoms with E-state index in [0.29, 0.717) is 5.69 Å². The van der Waals surface area contributed by atoms with E-state index in [1.54, 1.807) is 6.92 Å². The number of nitrogens with two attached hydrogens (primary N) is 1.